The molecule has 0 radical (unpaired) electrons. The SMILES string of the molecule is C[C@@H](CCc1ccccc1)NC(=O)[C@H]1CCCN(c2ccnc(-c3cccc(F)c3)n2)C1. The molecule has 166 valence electrons. The van der Waals surface area contributed by atoms with Crippen LogP contribution in [0.5, 0.6) is 0 Å². The van der Waals surface area contributed by atoms with E-state index < -0.39 is 0 Å². The molecule has 3 aromatic rings. The molecule has 0 spiro atoms. The number of hydrogen-bond acceptors (Lipinski definition) is 4. The van der Waals surface area contributed by atoms with Gasteiger partial charge in [0.15, 0.2) is 5.82 Å². The molecule has 1 saturated heterocycles. The number of piperidine rings is 1. The summed E-state index contributed by atoms with van der Waals surface area (Å²) >= 11 is 0. The number of amides is 1. The summed E-state index contributed by atoms with van der Waals surface area (Å²) in [7, 11) is 0. The Hall–Kier alpha value is -3.28. The predicted octanol–water partition coefficient (Wildman–Crippen LogP) is 4.64. The van der Waals surface area contributed by atoms with Crippen molar-refractivity contribution < 1.29 is 9.18 Å². The summed E-state index contributed by atoms with van der Waals surface area (Å²) in [5.41, 5.74) is 1.93. The van der Waals surface area contributed by atoms with Gasteiger partial charge in [-0.05, 0) is 56.4 Å². The first-order chi connectivity index (χ1) is 15.6. The maximum atomic E-state index is 13.6. The molecule has 0 unspecified atom stereocenters. The molecule has 2 heterocycles. The van der Waals surface area contributed by atoms with Crippen LogP contribution in [-0.2, 0) is 11.2 Å². The molecule has 1 amide bonds. The number of nitrogens with one attached hydrogen (secondary N) is 1. The average Bonchev–Trinajstić information content (AvgIpc) is 2.83. The fourth-order valence-corrected chi connectivity index (χ4v) is 4.15. The van der Waals surface area contributed by atoms with Gasteiger partial charge in [-0.2, -0.15) is 0 Å². The Labute approximate surface area is 188 Å². The number of aryl methyl sites for hydroxylation is 1. The molecule has 0 aliphatic carbocycles. The van der Waals surface area contributed by atoms with E-state index in [1.807, 2.05) is 24.3 Å². The topological polar surface area (TPSA) is 58.1 Å². The van der Waals surface area contributed by atoms with Gasteiger partial charge >= 0.3 is 0 Å². The van der Waals surface area contributed by atoms with E-state index in [4.69, 9.17) is 0 Å². The van der Waals surface area contributed by atoms with Crippen molar-refractivity contribution in [2.45, 2.75) is 38.6 Å². The zero-order valence-electron chi connectivity index (χ0n) is 18.4. The summed E-state index contributed by atoms with van der Waals surface area (Å²) < 4.78 is 13.6. The lowest BCUT2D eigenvalue weighted by atomic mass is 9.96. The monoisotopic (exact) mass is 432 g/mol. The Bertz CT molecular complexity index is 1040. The van der Waals surface area contributed by atoms with Gasteiger partial charge in [0, 0.05) is 30.9 Å². The molecule has 2 atom stereocenters. The van der Waals surface area contributed by atoms with Crippen molar-refractivity contribution in [3.63, 3.8) is 0 Å². The molecule has 1 aromatic heterocycles. The minimum Gasteiger partial charge on any atom is -0.356 e. The molecule has 5 nitrogen and oxygen atoms in total. The first-order valence-electron chi connectivity index (χ1n) is 11.3. The van der Waals surface area contributed by atoms with Crippen LogP contribution >= 0.6 is 0 Å². The Balaban J connectivity index is 1.36. The number of carbonyl (C=O) groups is 1. The quantitative estimate of drug-likeness (QED) is 0.591. The van der Waals surface area contributed by atoms with E-state index in [1.165, 1.54) is 17.7 Å². The van der Waals surface area contributed by atoms with Gasteiger partial charge in [-0.3, -0.25) is 4.79 Å². The second kappa shape index (κ2) is 10.4. The first kappa shape index (κ1) is 21.9. The Morgan fingerprint density at radius 1 is 1.19 bits per heavy atom. The summed E-state index contributed by atoms with van der Waals surface area (Å²) in [6, 6.07) is 18.6. The van der Waals surface area contributed by atoms with Crippen molar-refractivity contribution in [1.82, 2.24) is 15.3 Å². The van der Waals surface area contributed by atoms with Crippen LogP contribution in [-0.4, -0.2) is 35.0 Å². The van der Waals surface area contributed by atoms with Gasteiger partial charge in [-0.25, -0.2) is 14.4 Å². The van der Waals surface area contributed by atoms with E-state index in [2.05, 4.69) is 39.2 Å². The number of halogens is 1. The van der Waals surface area contributed by atoms with Crippen LogP contribution < -0.4 is 10.2 Å². The van der Waals surface area contributed by atoms with Crippen molar-refractivity contribution in [2.24, 2.45) is 5.92 Å². The van der Waals surface area contributed by atoms with Crippen LogP contribution in [0.4, 0.5) is 10.2 Å². The minimum atomic E-state index is -0.312. The maximum Gasteiger partial charge on any atom is 0.225 e. The van der Waals surface area contributed by atoms with Gasteiger partial charge in [0.05, 0.1) is 5.92 Å². The van der Waals surface area contributed by atoms with Gasteiger partial charge in [-0.15, -0.1) is 0 Å². The largest absolute Gasteiger partial charge is 0.356 e. The van der Waals surface area contributed by atoms with Crippen LogP contribution in [0.3, 0.4) is 0 Å². The zero-order valence-corrected chi connectivity index (χ0v) is 18.4. The molecule has 6 heteroatoms. The summed E-state index contributed by atoms with van der Waals surface area (Å²) in [5, 5.41) is 3.20. The lowest BCUT2D eigenvalue weighted by molar-refractivity contribution is -0.125. The van der Waals surface area contributed by atoms with Crippen LogP contribution in [0.1, 0.15) is 31.7 Å². The number of hydrogen-bond donors (Lipinski definition) is 1. The van der Waals surface area contributed by atoms with Crippen LogP contribution in [0.15, 0.2) is 66.9 Å². The highest BCUT2D eigenvalue weighted by Gasteiger charge is 2.27. The molecule has 1 aliphatic heterocycles. The second-order valence-electron chi connectivity index (χ2n) is 8.47. The number of nitrogens with zero attached hydrogens (tertiary/aromatic N) is 3. The molecule has 1 N–H and O–H groups in total. The standard InChI is InChI=1S/C26H29FN4O/c1-19(12-13-20-7-3-2-4-8-20)29-26(32)22-10-6-16-31(18-22)24-14-15-28-25(30-24)21-9-5-11-23(27)17-21/h2-5,7-9,11,14-15,17,19,22H,6,10,12-13,16,18H2,1H3,(H,29,32)/t19-,22-/m0/s1. The van der Waals surface area contributed by atoms with E-state index in [0.29, 0.717) is 17.9 Å². The van der Waals surface area contributed by atoms with Gasteiger partial charge in [0.2, 0.25) is 5.91 Å². The maximum absolute atomic E-state index is 13.6. The highest BCUT2D eigenvalue weighted by Crippen LogP contribution is 2.24. The van der Waals surface area contributed by atoms with E-state index in [9.17, 15) is 9.18 Å². The Kier molecular flexibility index (Phi) is 7.10. The smallest absolute Gasteiger partial charge is 0.225 e. The number of carbonyl (C=O) groups excluding carboxylic acids is 1. The molecule has 0 bridgehead atoms. The van der Waals surface area contributed by atoms with Gasteiger partial charge in [0.1, 0.15) is 11.6 Å². The molecule has 1 fully saturated rings. The average molecular weight is 433 g/mol. The van der Waals surface area contributed by atoms with E-state index in [0.717, 1.165) is 38.0 Å². The van der Waals surface area contributed by atoms with E-state index in [-0.39, 0.29) is 23.7 Å². The highest BCUT2D eigenvalue weighted by atomic mass is 19.1. The molecular formula is C26H29FN4O. The van der Waals surface area contributed by atoms with Crippen molar-refractivity contribution >= 4 is 11.7 Å². The lowest BCUT2D eigenvalue weighted by Gasteiger charge is -2.33. The third-order valence-corrected chi connectivity index (χ3v) is 5.94. The molecule has 32 heavy (non-hydrogen) atoms. The fraction of sp³-hybridized carbons (Fsp3) is 0.346. The molecule has 4 rings (SSSR count). The van der Waals surface area contributed by atoms with Gasteiger partial charge in [-0.1, -0.05) is 42.5 Å². The van der Waals surface area contributed by atoms with Crippen molar-refractivity contribution in [3.05, 3.63) is 78.2 Å². The first-order valence-corrected chi connectivity index (χ1v) is 11.3. The van der Waals surface area contributed by atoms with Crippen LogP contribution in [0, 0.1) is 11.7 Å². The predicted molar refractivity (Wildman–Crippen MR) is 125 cm³/mol. The summed E-state index contributed by atoms with van der Waals surface area (Å²) in [5.74, 6) is 0.981. The van der Waals surface area contributed by atoms with Crippen LogP contribution in [0.25, 0.3) is 11.4 Å². The number of benzene rings is 2. The molecule has 2 aromatic carbocycles. The zero-order chi connectivity index (χ0) is 22.3. The minimum absolute atomic E-state index is 0.0736. The number of anilines is 1. The summed E-state index contributed by atoms with van der Waals surface area (Å²) in [6.45, 7) is 3.53. The van der Waals surface area contributed by atoms with Crippen molar-refractivity contribution in [3.8, 4) is 11.4 Å². The van der Waals surface area contributed by atoms with E-state index >= 15 is 0 Å². The lowest BCUT2D eigenvalue weighted by Crippen LogP contribution is -2.45. The molecular weight excluding hydrogens is 403 g/mol. The summed E-state index contributed by atoms with van der Waals surface area (Å²) in [4.78, 5) is 24.0. The fourth-order valence-electron chi connectivity index (χ4n) is 4.15. The van der Waals surface area contributed by atoms with Gasteiger partial charge < -0.3 is 10.2 Å². The Morgan fingerprint density at radius 3 is 2.84 bits per heavy atom. The van der Waals surface area contributed by atoms with Gasteiger partial charge in [0.25, 0.3) is 0 Å². The van der Waals surface area contributed by atoms with Crippen molar-refractivity contribution in [1.29, 1.82) is 0 Å². The number of rotatable bonds is 7. The van der Waals surface area contributed by atoms with Crippen molar-refractivity contribution in [2.75, 3.05) is 18.0 Å². The normalized spacial score (nSPS) is 17.1. The number of aromatic nitrogens is 2. The highest BCUT2D eigenvalue weighted by molar-refractivity contribution is 5.79. The summed E-state index contributed by atoms with van der Waals surface area (Å²) in [6.07, 6.45) is 5.35. The second-order valence-corrected chi connectivity index (χ2v) is 8.47. The third-order valence-electron chi connectivity index (χ3n) is 5.94. The molecule has 1 aliphatic rings. The van der Waals surface area contributed by atoms with E-state index in [1.54, 1.807) is 18.3 Å². The Morgan fingerprint density at radius 2 is 2.03 bits per heavy atom. The third kappa shape index (κ3) is 5.69. The van der Waals surface area contributed by atoms with Crippen LogP contribution in [0.2, 0.25) is 0 Å². The molecule has 0 saturated carbocycles.